The Bertz CT molecular complexity index is 575. The van der Waals surface area contributed by atoms with Crippen LogP contribution in [0, 0.1) is 22.0 Å². The molecule has 0 spiro atoms. The molecule has 6 nitrogen and oxygen atoms in total. The standard InChI is InChI=1S/C12H11ClN2O4/c1-8(16)14-5-3-4-9-6-11(15(17)18)12(19-2)7-10(9)13/h6-7H,5H2,1-2H3,(H,14,16). The van der Waals surface area contributed by atoms with E-state index in [0.29, 0.717) is 5.56 Å². The molecule has 0 aromatic heterocycles. The van der Waals surface area contributed by atoms with Gasteiger partial charge in [0.25, 0.3) is 0 Å². The number of carbonyl (C=O) groups excluding carboxylic acids is 1. The third kappa shape index (κ3) is 4.16. The maximum absolute atomic E-state index is 10.8. The van der Waals surface area contributed by atoms with Crippen LogP contribution < -0.4 is 10.1 Å². The monoisotopic (exact) mass is 282 g/mol. The first kappa shape index (κ1) is 14.8. The van der Waals surface area contributed by atoms with Gasteiger partial charge in [0.05, 0.1) is 29.2 Å². The molecule has 19 heavy (non-hydrogen) atoms. The Kier molecular flexibility index (Phi) is 5.15. The number of halogens is 1. The van der Waals surface area contributed by atoms with Gasteiger partial charge in [-0.1, -0.05) is 23.4 Å². The van der Waals surface area contributed by atoms with E-state index in [1.807, 2.05) is 0 Å². The van der Waals surface area contributed by atoms with Crippen molar-refractivity contribution in [3.05, 3.63) is 32.8 Å². The minimum Gasteiger partial charge on any atom is -0.490 e. The average molecular weight is 283 g/mol. The number of nitro benzene ring substituents is 1. The smallest absolute Gasteiger partial charge is 0.312 e. The summed E-state index contributed by atoms with van der Waals surface area (Å²) in [6, 6.07) is 2.57. The normalized spacial score (nSPS) is 9.21. The first-order chi connectivity index (χ1) is 8.95. The van der Waals surface area contributed by atoms with E-state index >= 15 is 0 Å². The number of ether oxygens (including phenoxy) is 1. The van der Waals surface area contributed by atoms with Crippen LogP contribution in [0.5, 0.6) is 5.75 Å². The summed E-state index contributed by atoms with van der Waals surface area (Å²) in [6.45, 7) is 1.51. The number of amides is 1. The molecule has 1 aromatic carbocycles. The van der Waals surface area contributed by atoms with Crippen LogP contribution in [-0.4, -0.2) is 24.5 Å². The Balaban J connectivity index is 3.04. The third-order valence-corrected chi connectivity index (χ3v) is 2.43. The molecular weight excluding hydrogens is 272 g/mol. The van der Waals surface area contributed by atoms with Crippen molar-refractivity contribution in [2.24, 2.45) is 0 Å². The minimum absolute atomic E-state index is 0.0717. The van der Waals surface area contributed by atoms with Gasteiger partial charge < -0.3 is 10.1 Å². The predicted octanol–water partition coefficient (Wildman–Crippen LogP) is 1.74. The molecule has 1 amide bonds. The number of hydrogen-bond acceptors (Lipinski definition) is 4. The quantitative estimate of drug-likeness (QED) is 0.520. The second-order valence-electron chi connectivity index (χ2n) is 3.47. The zero-order valence-corrected chi connectivity index (χ0v) is 11.1. The highest BCUT2D eigenvalue weighted by Gasteiger charge is 2.17. The Morgan fingerprint density at radius 2 is 2.26 bits per heavy atom. The molecule has 7 heteroatoms. The van der Waals surface area contributed by atoms with Gasteiger partial charge in [0.1, 0.15) is 0 Å². The summed E-state index contributed by atoms with van der Waals surface area (Å²) in [6.07, 6.45) is 0. The van der Waals surface area contributed by atoms with Crippen molar-refractivity contribution in [2.45, 2.75) is 6.92 Å². The van der Waals surface area contributed by atoms with Gasteiger partial charge in [0, 0.05) is 19.1 Å². The van der Waals surface area contributed by atoms with Crippen LogP contribution in [0.1, 0.15) is 12.5 Å². The molecule has 0 fully saturated rings. The van der Waals surface area contributed by atoms with Crippen LogP contribution in [-0.2, 0) is 4.79 Å². The SMILES string of the molecule is COc1cc(Cl)c(C#CCNC(C)=O)cc1[N+](=O)[O-]. The second kappa shape index (κ2) is 6.61. The number of nitrogens with one attached hydrogen (secondary N) is 1. The maximum Gasteiger partial charge on any atom is 0.312 e. The molecule has 0 radical (unpaired) electrons. The van der Waals surface area contributed by atoms with Gasteiger partial charge in [0.2, 0.25) is 5.91 Å². The first-order valence-electron chi connectivity index (χ1n) is 5.21. The van der Waals surface area contributed by atoms with Crippen LogP contribution in [0.15, 0.2) is 12.1 Å². The lowest BCUT2D eigenvalue weighted by Crippen LogP contribution is -2.19. The van der Waals surface area contributed by atoms with Crippen molar-refractivity contribution in [1.82, 2.24) is 5.32 Å². The number of carbonyl (C=O) groups is 1. The topological polar surface area (TPSA) is 81.5 Å². The third-order valence-electron chi connectivity index (χ3n) is 2.11. The number of rotatable bonds is 3. The highest BCUT2D eigenvalue weighted by atomic mass is 35.5. The largest absolute Gasteiger partial charge is 0.490 e. The molecule has 1 rings (SSSR count). The molecule has 0 unspecified atom stereocenters. The molecule has 0 aliphatic heterocycles. The fraction of sp³-hybridized carbons (Fsp3) is 0.250. The van der Waals surface area contributed by atoms with Gasteiger partial charge in [-0.15, -0.1) is 0 Å². The lowest BCUT2D eigenvalue weighted by Gasteiger charge is -2.03. The number of methoxy groups -OCH3 is 1. The van der Waals surface area contributed by atoms with Gasteiger partial charge in [-0.3, -0.25) is 14.9 Å². The van der Waals surface area contributed by atoms with Gasteiger partial charge in [-0.2, -0.15) is 0 Å². The molecule has 0 saturated heterocycles. The Morgan fingerprint density at radius 1 is 1.58 bits per heavy atom. The number of nitro groups is 1. The summed E-state index contributed by atoms with van der Waals surface area (Å²) < 4.78 is 4.87. The first-order valence-corrected chi connectivity index (χ1v) is 5.58. The lowest BCUT2D eigenvalue weighted by molar-refractivity contribution is -0.385. The Morgan fingerprint density at radius 3 is 2.79 bits per heavy atom. The van der Waals surface area contributed by atoms with Crippen LogP contribution in [0.3, 0.4) is 0 Å². The van der Waals surface area contributed by atoms with Crippen molar-refractivity contribution < 1.29 is 14.5 Å². The summed E-state index contributed by atoms with van der Waals surface area (Å²) >= 11 is 5.93. The summed E-state index contributed by atoms with van der Waals surface area (Å²) in [7, 11) is 1.32. The van der Waals surface area contributed by atoms with E-state index in [4.69, 9.17) is 16.3 Å². The van der Waals surface area contributed by atoms with Crippen molar-refractivity contribution in [3.8, 4) is 17.6 Å². The number of nitrogens with zero attached hydrogens (tertiary/aromatic N) is 1. The van der Waals surface area contributed by atoms with Gasteiger partial charge in [0.15, 0.2) is 5.75 Å². The van der Waals surface area contributed by atoms with Gasteiger partial charge >= 0.3 is 5.69 Å². The highest BCUT2D eigenvalue weighted by molar-refractivity contribution is 6.32. The summed E-state index contributed by atoms with van der Waals surface area (Å²) in [5.41, 5.74) is 0.0928. The van der Waals surface area contributed by atoms with Crippen LogP contribution in [0.25, 0.3) is 0 Å². The lowest BCUT2D eigenvalue weighted by atomic mass is 10.2. The molecule has 1 aromatic rings. The van der Waals surface area contributed by atoms with Crippen molar-refractivity contribution in [2.75, 3.05) is 13.7 Å². The van der Waals surface area contributed by atoms with E-state index < -0.39 is 4.92 Å². The van der Waals surface area contributed by atoms with Crippen LogP contribution in [0.2, 0.25) is 5.02 Å². The molecule has 0 bridgehead atoms. The number of benzene rings is 1. The highest BCUT2D eigenvalue weighted by Crippen LogP contribution is 2.32. The van der Waals surface area contributed by atoms with E-state index in [-0.39, 0.29) is 28.9 Å². The molecule has 0 aliphatic rings. The summed E-state index contributed by atoms with van der Waals surface area (Å²) in [5, 5.41) is 13.6. The summed E-state index contributed by atoms with van der Waals surface area (Å²) in [5.74, 6) is 5.17. The Labute approximate surface area is 114 Å². The van der Waals surface area contributed by atoms with E-state index in [9.17, 15) is 14.9 Å². The van der Waals surface area contributed by atoms with E-state index in [0.717, 1.165) is 0 Å². The van der Waals surface area contributed by atoms with Crippen molar-refractivity contribution >= 4 is 23.2 Å². The molecule has 100 valence electrons. The molecular formula is C12H11ClN2O4. The van der Waals surface area contributed by atoms with Crippen molar-refractivity contribution in [3.63, 3.8) is 0 Å². The fourth-order valence-electron chi connectivity index (χ4n) is 1.25. The minimum atomic E-state index is -0.575. The zero-order chi connectivity index (χ0) is 14.4. The van der Waals surface area contributed by atoms with Crippen molar-refractivity contribution in [1.29, 1.82) is 0 Å². The zero-order valence-electron chi connectivity index (χ0n) is 10.3. The fourth-order valence-corrected chi connectivity index (χ4v) is 1.45. The van der Waals surface area contributed by atoms with E-state index in [2.05, 4.69) is 17.2 Å². The molecule has 0 heterocycles. The maximum atomic E-state index is 10.8. The van der Waals surface area contributed by atoms with Crippen LogP contribution in [0.4, 0.5) is 5.69 Å². The van der Waals surface area contributed by atoms with E-state index in [1.165, 1.54) is 26.2 Å². The average Bonchev–Trinajstić information content (AvgIpc) is 2.34. The summed E-state index contributed by atoms with van der Waals surface area (Å²) in [4.78, 5) is 20.9. The van der Waals surface area contributed by atoms with Gasteiger partial charge in [-0.05, 0) is 0 Å². The van der Waals surface area contributed by atoms with Crippen LogP contribution >= 0.6 is 11.6 Å². The van der Waals surface area contributed by atoms with E-state index in [1.54, 1.807) is 0 Å². The van der Waals surface area contributed by atoms with Gasteiger partial charge in [-0.25, -0.2) is 0 Å². The molecule has 1 N–H and O–H groups in total. The second-order valence-corrected chi connectivity index (χ2v) is 3.88. The number of hydrogen-bond donors (Lipinski definition) is 1. The Hall–Kier alpha value is -2.26. The molecule has 0 aliphatic carbocycles. The predicted molar refractivity (Wildman–Crippen MR) is 70.2 cm³/mol. The molecule has 0 atom stereocenters. The molecule has 0 saturated carbocycles.